The standard InChI is InChI=1S/C16H23BrCl2O5/c1-8-16(21)12(19)6-10(17)13-7-11(18)14(24-13)5-9(23-8)3-4-15(20)22-2/h3-4,8-14,16,21H,5-7H2,1-2H3/b4-3+/t8-,9-,10-,11+,12+,13-,14+,16-/m0/s1. The molecule has 2 saturated heterocycles. The molecule has 0 aromatic heterocycles. The van der Waals surface area contributed by atoms with E-state index in [-0.39, 0.29) is 22.4 Å². The minimum Gasteiger partial charge on any atom is -0.466 e. The van der Waals surface area contributed by atoms with Crippen LogP contribution in [0.3, 0.4) is 0 Å². The van der Waals surface area contributed by atoms with Gasteiger partial charge in [0.25, 0.3) is 0 Å². The summed E-state index contributed by atoms with van der Waals surface area (Å²) in [6.45, 7) is 1.76. The average molecular weight is 446 g/mol. The van der Waals surface area contributed by atoms with Gasteiger partial charge in [0.2, 0.25) is 0 Å². The molecule has 0 radical (unpaired) electrons. The van der Waals surface area contributed by atoms with E-state index in [9.17, 15) is 9.90 Å². The molecule has 2 aliphatic heterocycles. The van der Waals surface area contributed by atoms with Crippen LogP contribution < -0.4 is 0 Å². The summed E-state index contributed by atoms with van der Waals surface area (Å²) in [4.78, 5) is 11.4. The highest BCUT2D eigenvalue weighted by atomic mass is 79.9. The van der Waals surface area contributed by atoms with Gasteiger partial charge in [0.1, 0.15) is 0 Å². The van der Waals surface area contributed by atoms with Gasteiger partial charge >= 0.3 is 5.97 Å². The maximum Gasteiger partial charge on any atom is 0.330 e. The fourth-order valence-corrected chi connectivity index (χ4v) is 4.69. The van der Waals surface area contributed by atoms with Gasteiger partial charge in [0, 0.05) is 17.3 Å². The number of esters is 1. The zero-order chi connectivity index (χ0) is 17.9. The molecule has 2 aliphatic rings. The third-order valence-electron chi connectivity index (χ3n) is 4.42. The monoisotopic (exact) mass is 444 g/mol. The number of methoxy groups -OCH3 is 1. The summed E-state index contributed by atoms with van der Waals surface area (Å²) >= 11 is 16.4. The van der Waals surface area contributed by atoms with E-state index in [0.29, 0.717) is 19.3 Å². The summed E-state index contributed by atoms with van der Waals surface area (Å²) in [7, 11) is 1.31. The topological polar surface area (TPSA) is 65.0 Å². The molecular formula is C16H23BrCl2O5. The fourth-order valence-electron chi connectivity index (χ4n) is 2.99. The number of carbonyl (C=O) groups is 1. The van der Waals surface area contributed by atoms with Crippen molar-refractivity contribution in [2.75, 3.05) is 7.11 Å². The van der Waals surface area contributed by atoms with Gasteiger partial charge < -0.3 is 19.3 Å². The van der Waals surface area contributed by atoms with Crippen molar-refractivity contribution in [1.29, 1.82) is 0 Å². The molecule has 2 bridgehead atoms. The SMILES string of the molecule is COC(=O)/C=C/[C@H]1C[C@H]2O[C@@H](C[C@H]2Cl)[C@@H](Br)C[C@@H](Cl)[C@@H](O)[C@H](C)O1. The van der Waals surface area contributed by atoms with Crippen LogP contribution in [0.1, 0.15) is 26.2 Å². The first-order valence-corrected chi connectivity index (χ1v) is 9.78. The number of alkyl halides is 3. The summed E-state index contributed by atoms with van der Waals surface area (Å²) in [5, 5.41) is 9.76. The Morgan fingerprint density at radius 1 is 1.21 bits per heavy atom. The summed E-state index contributed by atoms with van der Waals surface area (Å²) in [5.74, 6) is -0.468. The van der Waals surface area contributed by atoms with Crippen LogP contribution >= 0.6 is 39.1 Å². The molecule has 138 valence electrons. The van der Waals surface area contributed by atoms with Crippen molar-refractivity contribution in [2.45, 2.75) is 72.3 Å². The molecule has 0 aromatic carbocycles. The van der Waals surface area contributed by atoms with Crippen molar-refractivity contribution in [2.24, 2.45) is 0 Å². The van der Waals surface area contributed by atoms with Crippen LogP contribution in [0, 0.1) is 0 Å². The van der Waals surface area contributed by atoms with Crippen molar-refractivity contribution >= 4 is 45.1 Å². The van der Waals surface area contributed by atoms with Crippen LogP contribution in [0.15, 0.2) is 12.2 Å². The van der Waals surface area contributed by atoms with Gasteiger partial charge in [-0.2, -0.15) is 0 Å². The predicted octanol–water partition coefficient (Wildman–Crippen LogP) is 2.78. The lowest BCUT2D eigenvalue weighted by atomic mass is 10.0. The van der Waals surface area contributed by atoms with Crippen LogP contribution in [-0.4, -0.2) is 64.3 Å². The van der Waals surface area contributed by atoms with Crippen molar-refractivity contribution in [3.05, 3.63) is 12.2 Å². The molecule has 24 heavy (non-hydrogen) atoms. The Balaban J connectivity index is 2.19. The van der Waals surface area contributed by atoms with Gasteiger partial charge in [-0.25, -0.2) is 4.79 Å². The first kappa shape index (κ1) is 20.5. The van der Waals surface area contributed by atoms with Crippen molar-refractivity contribution in [3.8, 4) is 0 Å². The van der Waals surface area contributed by atoms with Crippen LogP contribution in [-0.2, 0) is 19.0 Å². The second-order valence-electron chi connectivity index (χ2n) is 6.22. The van der Waals surface area contributed by atoms with E-state index in [0.717, 1.165) is 0 Å². The molecule has 0 aliphatic carbocycles. The number of aliphatic hydroxyl groups is 1. The van der Waals surface area contributed by atoms with E-state index in [1.54, 1.807) is 13.0 Å². The zero-order valence-electron chi connectivity index (χ0n) is 13.6. The lowest BCUT2D eigenvalue weighted by molar-refractivity contribution is -0.135. The largest absolute Gasteiger partial charge is 0.466 e. The number of halogens is 3. The molecule has 5 nitrogen and oxygen atoms in total. The fraction of sp³-hybridized carbons (Fsp3) is 0.812. The number of hydrogen-bond acceptors (Lipinski definition) is 5. The molecule has 0 aromatic rings. The Hall–Kier alpha value is 0.150. The first-order valence-electron chi connectivity index (χ1n) is 7.99. The normalized spacial score (nSPS) is 44.2. The maximum absolute atomic E-state index is 11.4. The van der Waals surface area contributed by atoms with Gasteiger partial charge in [-0.05, 0) is 25.8 Å². The van der Waals surface area contributed by atoms with E-state index >= 15 is 0 Å². The van der Waals surface area contributed by atoms with Crippen molar-refractivity contribution in [1.82, 2.24) is 0 Å². The van der Waals surface area contributed by atoms with Gasteiger partial charge in [-0.15, -0.1) is 23.2 Å². The second-order valence-corrected chi connectivity index (χ2v) is 8.52. The average Bonchev–Trinajstić information content (AvgIpc) is 2.91. The zero-order valence-corrected chi connectivity index (χ0v) is 16.7. The number of carbonyl (C=O) groups excluding carboxylic acids is 1. The van der Waals surface area contributed by atoms with E-state index in [1.165, 1.54) is 13.2 Å². The molecule has 1 N–H and O–H groups in total. The first-order chi connectivity index (χ1) is 11.3. The highest BCUT2D eigenvalue weighted by molar-refractivity contribution is 9.09. The van der Waals surface area contributed by atoms with Crippen LogP contribution in [0.4, 0.5) is 0 Å². The van der Waals surface area contributed by atoms with E-state index in [4.69, 9.17) is 32.7 Å². The number of rotatable bonds is 2. The molecule has 2 rings (SSSR count). The minimum atomic E-state index is -0.829. The van der Waals surface area contributed by atoms with E-state index in [1.807, 2.05) is 0 Å². The Labute approximate surface area is 160 Å². The molecule has 8 atom stereocenters. The second kappa shape index (κ2) is 9.19. The van der Waals surface area contributed by atoms with Crippen molar-refractivity contribution < 1.29 is 24.1 Å². The number of hydrogen-bond donors (Lipinski definition) is 1. The number of fused-ring (bicyclic) bond motifs is 2. The molecule has 0 saturated carbocycles. The number of ether oxygens (including phenoxy) is 3. The van der Waals surface area contributed by atoms with E-state index < -0.39 is 29.7 Å². The molecular weight excluding hydrogens is 423 g/mol. The molecule has 2 heterocycles. The van der Waals surface area contributed by atoms with Gasteiger partial charge in [-0.3, -0.25) is 0 Å². The summed E-state index contributed by atoms with van der Waals surface area (Å²) in [6.07, 6.45) is 2.63. The maximum atomic E-state index is 11.4. The predicted molar refractivity (Wildman–Crippen MR) is 96.0 cm³/mol. The Morgan fingerprint density at radius 2 is 1.92 bits per heavy atom. The van der Waals surface area contributed by atoms with Gasteiger partial charge in [0.15, 0.2) is 0 Å². The van der Waals surface area contributed by atoms with E-state index in [2.05, 4.69) is 20.7 Å². The summed E-state index contributed by atoms with van der Waals surface area (Å²) in [6, 6.07) is 0. The third kappa shape index (κ3) is 5.32. The lowest BCUT2D eigenvalue weighted by Crippen LogP contribution is -2.39. The highest BCUT2D eigenvalue weighted by Gasteiger charge is 2.41. The lowest BCUT2D eigenvalue weighted by Gasteiger charge is -2.28. The Kier molecular flexibility index (Phi) is 7.84. The molecule has 0 amide bonds. The van der Waals surface area contributed by atoms with Gasteiger partial charge in [-0.1, -0.05) is 15.9 Å². The highest BCUT2D eigenvalue weighted by Crippen LogP contribution is 2.36. The molecule has 0 spiro atoms. The minimum absolute atomic E-state index is 0.00950. The Morgan fingerprint density at radius 3 is 2.58 bits per heavy atom. The molecule has 8 heteroatoms. The summed E-state index contributed by atoms with van der Waals surface area (Å²) in [5.41, 5.74) is 0. The van der Waals surface area contributed by atoms with Crippen LogP contribution in [0.25, 0.3) is 0 Å². The third-order valence-corrected chi connectivity index (χ3v) is 6.28. The summed E-state index contributed by atoms with van der Waals surface area (Å²) < 4.78 is 16.6. The van der Waals surface area contributed by atoms with Crippen LogP contribution in [0.5, 0.6) is 0 Å². The van der Waals surface area contributed by atoms with Crippen LogP contribution in [0.2, 0.25) is 0 Å². The molecule has 2 fully saturated rings. The smallest absolute Gasteiger partial charge is 0.330 e. The Bertz CT molecular complexity index is 464. The number of aliphatic hydroxyl groups excluding tert-OH is 1. The quantitative estimate of drug-likeness (QED) is 0.402. The van der Waals surface area contributed by atoms with Gasteiger partial charge in [0.05, 0.1) is 48.4 Å². The molecule has 0 unspecified atom stereocenters. The van der Waals surface area contributed by atoms with Crippen molar-refractivity contribution in [3.63, 3.8) is 0 Å².